The predicted molar refractivity (Wildman–Crippen MR) is 93.7 cm³/mol. The van der Waals surface area contributed by atoms with Crippen molar-refractivity contribution < 1.29 is 4.79 Å². The van der Waals surface area contributed by atoms with Crippen LogP contribution in [-0.2, 0) is 11.3 Å². The average Bonchev–Trinajstić information content (AvgIpc) is 2.90. The molecule has 0 fully saturated rings. The highest BCUT2D eigenvalue weighted by Crippen LogP contribution is 2.23. The fraction of sp³-hybridized carbons (Fsp3) is 0.312. The van der Waals surface area contributed by atoms with Gasteiger partial charge in [-0.05, 0) is 30.7 Å². The third-order valence-electron chi connectivity index (χ3n) is 3.38. The molecule has 0 aliphatic rings. The first-order valence-electron chi connectivity index (χ1n) is 6.93. The number of thiophene rings is 1. The van der Waals surface area contributed by atoms with Crippen molar-refractivity contribution in [2.24, 2.45) is 0 Å². The molecular weight excluding hydrogens is 339 g/mol. The number of benzene rings is 1. The van der Waals surface area contributed by atoms with Gasteiger partial charge in [0.25, 0.3) is 0 Å². The first kappa shape index (κ1) is 17.3. The van der Waals surface area contributed by atoms with Crippen LogP contribution in [0.1, 0.15) is 23.4 Å². The highest BCUT2D eigenvalue weighted by Gasteiger charge is 2.14. The van der Waals surface area contributed by atoms with Gasteiger partial charge in [0.1, 0.15) is 0 Å². The minimum atomic E-state index is 0.0160. The Balaban J connectivity index is 1.85. The lowest BCUT2D eigenvalue weighted by atomic mass is 10.1. The lowest BCUT2D eigenvalue weighted by molar-refractivity contribution is -0.129. The van der Waals surface area contributed by atoms with Gasteiger partial charge >= 0.3 is 0 Å². The minimum absolute atomic E-state index is 0.0160. The lowest BCUT2D eigenvalue weighted by Crippen LogP contribution is -2.36. The molecule has 2 rings (SSSR count). The highest BCUT2D eigenvalue weighted by molar-refractivity contribution is 7.16. The van der Waals surface area contributed by atoms with Crippen LogP contribution in [-0.4, -0.2) is 24.4 Å². The SMILES string of the molecule is CC(NCC(=O)N(C)Cc1ccc(Cl)s1)c1ccccc1Cl. The molecule has 0 saturated carbocycles. The number of carbonyl (C=O) groups excluding carboxylic acids is 1. The van der Waals surface area contributed by atoms with Crippen LogP contribution in [0.25, 0.3) is 0 Å². The minimum Gasteiger partial charge on any atom is -0.340 e. The number of halogens is 2. The summed E-state index contributed by atoms with van der Waals surface area (Å²) >= 11 is 13.5. The number of hydrogen-bond acceptors (Lipinski definition) is 3. The quantitative estimate of drug-likeness (QED) is 0.833. The van der Waals surface area contributed by atoms with E-state index in [-0.39, 0.29) is 18.5 Å². The standard InChI is InChI=1S/C16H18Cl2N2OS/c1-11(13-5-3-4-6-14(13)17)19-9-16(21)20(2)10-12-7-8-15(18)22-12/h3-8,11,19H,9-10H2,1-2H3. The Kier molecular flexibility index (Phi) is 6.26. The van der Waals surface area contributed by atoms with Crippen molar-refractivity contribution in [2.45, 2.75) is 19.5 Å². The monoisotopic (exact) mass is 356 g/mol. The molecule has 0 bridgehead atoms. The molecule has 1 amide bonds. The Labute approximate surface area is 144 Å². The topological polar surface area (TPSA) is 32.3 Å². The Hall–Kier alpha value is -1.07. The van der Waals surface area contributed by atoms with E-state index in [0.717, 1.165) is 14.8 Å². The van der Waals surface area contributed by atoms with E-state index in [4.69, 9.17) is 23.2 Å². The molecule has 22 heavy (non-hydrogen) atoms. The zero-order chi connectivity index (χ0) is 16.1. The van der Waals surface area contributed by atoms with Crippen LogP contribution in [0.4, 0.5) is 0 Å². The summed E-state index contributed by atoms with van der Waals surface area (Å²) < 4.78 is 0.737. The Morgan fingerprint density at radius 1 is 1.27 bits per heavy atom. The van der Waals surface area contributed by atoms with E-state index in [9.17, 15) is 4.79 Å². The van der Waals surface area contributed by atoms with Crippen molar-refractivity contribution >= 4 is 40.4 Å². The van der Waals surface area contributed by atoms with Crippen LogP contribution in [0.5, 0.6) is 0 Å². The van der Waals surface area contributed by atoms with Crippen molar-refractivity contribution in [1.29, 1.82) is 0 Å². The van der Waals surface area contributed by atoms with Crippen LogP contribution in [0.15, 0.2) is 36.4 Å². The Morgan fingerprint density at radius 3 is 2.64 bits per heavy atom. The summed E-state index contributed by atoms with van der Waals surface area (Å²) in [6, 6.07) is 11.4. The number of rotatable bonds is 6. The molecule has 118 valence electrons. The molecule has 1 aromatic carbocycles. The molecular formula is C16H18Cl2N2OS. The summed E-state index contributed by atoms with van der Waals surface area (Å²) in [5, 5.41) is 3.92. The number of nitrogens with one attached hydrogen (secondary N) is 1. The van der Waals surface area contributed by atoms with Gasteiger partial charge in [0.05, 0.1) is 17.4 Å². The van der Waals surface area contributed by atoms with E-state index in [2.05, 4.69) is 5.32 Å². The van der Waals surface area contributed by atoms with Crippen molar-refractivity contribution in [2.75, 3.05) is 13.6 Å². The largest absolute Gasteiger partial charge is 0.340 e. The van der Waals surface area contributed by atoms with Gasteiger partial charge in [0, 0.05) is 23.0 Å². The fourth-order valence-electron chi connectivity index (χ4n) is 2.07. The average molecular weight is 357 g/mol. The van der Waals surface area contributed by atoms with E-state index < -0.39 is 0 Å². The van der Waals surface area contributed by atoms with Gasteiger partial charge in [-0.1, -0.05) is 41.4 Å². The number of carbonyl (C=O) groups is 1. The maximum absolute atomic E-state index is 12.2. The second-order valence-corrected chi connectivity index (χ2v) is 7.29. The van der Waals surface area contributed by atoms with Gasteiger partial charge in [-0.15, -0.1) is 11.3 Å². The van der Waals surface area contributed by atoms with E-state index in [0.29, 0.717) is 11.6 Å². The number of amides is 1. The number of likely N-dealkylation sites (N-methyl/N-ethyl adjacent to an activating group) is 1. The predicted octanol–water partition coefficient (Wildman–Crippen LogP) is 4.36. The second-order valence-electron chi connectivity index (χ2n) is 5.08. The van der Waals surface area contributed by atoms with Gasteiger partial charge in [-0.25, -0.2) is 0 Å². The maximum Gasteiger partial charge on any atom is 0.236 e. The molecule has 3 nitrogen and oxygen atoms in total. The van der Waals surface area contributed by atoms with Gasteiger partial charge in [-0.2, -0.15) is 0 Å². The molecule has 0 aliphatic heterocycles. The van der Waals surface area contributed by atoms with Crippen molar-refractivity contribution in [3.05, 3.63) is 56.2 Å². The van der Waals surface area contributed by atoms with Crippen molar-refractivity contribution in [3.63, 3.8) is 0 Å². The summed E-state index contributed by atoms with van der Waals surface area (Å²) in [4.78, 5) is 14.9. The fourth-order valence-corrected chi connectivity index (χ4v) is 3.51. The van der Waals surface area contributed by atoms with Gasteiger partial charge in [0.2, 0.25) is 5.91 Å². The van der Waals surface area contributed by atoms with E-state index in [1.165, 1.54) is 11.3 Å². The van der Waals surface area contributed by atoms with Crippen molar-refractivity contribution in [3.8, 4) is 0 Å². The third kappa shape index (κ3) is 4.71. The third-order valence-corrected chi connectivity index (χ3v) is 4.94. The highest BCUT2D eigenvalue weighted by atomic mass is 35.5. The van der Waals surface area contributed by atoms with Gasteiger partial charge < -0.3 is 10.2 Å². The van der Waals surface area contributed by atoms with E-state index >= 15 is 0 Å². The second kappa shape index (κ2) is 7.97. The van der Waals surface area contributed by atoms with Crippen LogP contribution < -0.4 is 5.32 Å². The molecule has 1 N–H and O–H groups in total. The number of hydrogen-bond donors (Lipinski definition) is 1. The molecule has 1 heterocycles. The van der Waals surface area contributed by atoms with Gasteiger partial charge in [0.15, 0.2) is 0 Å². The van der Waals surface area contributed by atoms with Crippen LogP contribution in [0, 0.1) is 0 Å². The van der Waals surface area contributed by atoms with E-state index in [1.54, 1.807) is 11.9 Å². The first-order valence-corrected chi connectivity index (χ1v) is 8.50. The van der Waals surface area contributed by atoms with Crippen LogP contribution in [0.3, 0.4) is 0 Å². The zero-order valence-corrected chi connectivity index (χ0v) is 14.8. The summed E-state index contributed by atoms with van der Waals surface area (Å²) in [5.74, 6) is 0.0310. The Morgan fingerprint density at radius 2 is 2.00 bits per heavy atom. The molecule has 2 aromatic rings. The normalized spacial score (nSPS) is 12.2. The lowest BCUT2D eigenvalue weighted by Gasteiger charge is -2.19. The molecule has 0 saturated heterocycles. The van der Waals surface area contributed by atoms with Crippen LogP contribution in [0.2, 0.25) is 9.36 Å². The zero-order valence-electron chi connectivity index (χ0n) is 12.5. The molecule has 1 atom stereocenters. The number of nitrogens with zero attached hydrogens (tertiary/aromatic N) is 1. The van der Waals surface area contributed by atoms with Crippen molar-refractivity contribution in [1.82, 2.24) is 10.2 Å². The Bertz CT molecular complexity index is 645. The molecule has 1 aromatic heterocycles. The van der Waals surface area contributed by atoms with Gasteiger partial charge in [-0.3, -0.25) is 4.79 Å². The molecule has 6 heteroatoms. The molecule has 1 unspecified atom stereocenters. The summed E-state index contributed by atoms with van der Waals surface area (Å²) in [5.41, 5.74) is 0.990. The summed E-state index contributed by atoms with van der Waals surface area (Å²) in [6.07, 6.45) is 0. The summed E-state index contributed by atoms with van der Waals surface area (Å²) in [7, 11) is 1.79. The molecule has 0 spiro atoms. The summed E-state index contributed by atoms with van der Waals surface area (Å²) in [6.45, 7) is 2.83. The van der Waals surface area contributed by atoms with E-state index in [1.807, 2.05) is 43.3 Å². The first-order chi connectivity index (χ1) is 10.5. The molecule has 0 radical (unpaired) electrons. The maximum atomic E-state index is 12.2. The smallest absolute Gasteiger partial charge is 0.236 e. The van der Waals surface area contributed by atoms with Crippen LogP contribution >= 0.6 is 34.5 Å². The molecule has 0 aliphatic carbocycles.